The molecule has 130 valence electrons. The van der Waals surface area contributed by atoms with Crippen LogP contribution in [0.4, 0.5) is 10.1 Å². The van der Waals surface area contributed by atoms with Gasteiger partial charge in [0.15, 0.2) is 6.23 Å². The number of rotatable bonds is 4. The molecule has 1 heterocycles. The number of benzene rings is 1. The van der Waals surface area contributed by atoms with Gasteiger partial charge in [0.25, 0.3) is 5.60 Å². The second-order valence-electron chi connectivity index (χ2n) is 6.20. The van der Waals surface area contributed by atoms with Crippen LogP contribution in [0.5, 0.6) is 0 Å². The lowest BCUT2D eigenvalue weighted by Crippen LogP contribution is -2.56. The minimum absolute atomic E-state index is 0.282. The lowest BCUT2D eigenvalue weighted by Gasteiger charge is -2.29. The number of ether oxygens (including phenoxy) is 2. The first kappa shape index (κ1) is 16.9. The summed E-state index contributed by atoms with van der Waals surface area (Å²) in [5.74, 6) is -2.16. The molecule has 24 heavy (non-hydrogen) atoms. The lowest BCUT2D eigenvalue weighted by molar-refractivity contribution is -0.178. The first-order chi connectivity index (χ1) is 11.5. The summed E-state index contributed by atoms with van der Waals surface area (Å²) in [7, 11) is 0. The maximum atomic E-state index is 13.0. The van der Waals surface area contributed by atoms with Crippen LogP contribution >= 0.6 is 0 Å². The fourth-order valence-electron chi connectivity index (χ4n) is 3.02. The summed E-state index contributed by atoms with van der Waals surface area (Å²) in [5, 5.41) is 13.4. The van der Waals surface area contributed by atoms with Crippen molar-refractivity contribution < 1.29 is 28.6 Å². The van der Waals surface area contributed by atoms with Crippen molar-refractivity contribution in [3.05, 3.63) is 30.1 Å². The third-order valence-electron chi connectivity index (χ3n) is 4.46. The minimum atomic E-state index is -2.40. The molecule has 2 unspecified atom stereocenters. The number of hydrogen-bond donors (Lipinski definition) is 2. The zero-order valence-corrected chi connectivity index (χ0v) is 13.2. The molecule has 2 atom stereocenters. The Morgan fingerprint density at radius 2 is 1.92 bits per heavy atom. The van der Waals surface area contributed by atoms with Crippen LogP contribution in [-0.2, 0) is 19.1 Å². The molecule has 0 aromatic heterocycles. The van der Waals surface area contributed by atoms with Crippen LogP contribution in [0, 0.1) is 5.82 Å². The van der Waals surface area contributed by atoms with Crippen molar-refractivity contribution in [2.45, 2.75) is 50.0 Å². The van der Waals surface area contributed by atoms with E-state index in [9.17, 15) is 19.1 Å². The first-order valence-electron chi connectivity index (χ1n) is 8.10. The Kier molecular flexibility index (Phi) is 4.82. The van der Waals surface area contributed by atoms with Gasteiger partial charge < -0.3 is 19.9 Å². The number of carbonyl (C=O) groups is 2. The minimum Gasteiger partial charge on any atom is -0.460 e. The molecule has 0 amide bonds. The molecule has 2 N–H and O–H groups in total. The highest BCUT2D eigenvalue weighted by atomic mass is 19.1. The summed E-state index contributed by atoms with van der Waals surface area (Å²) in [6, 6.07) is 5.29. The highest BCUT2D eigenvalue weighted by Crippen LogP contribution is 2.29. The second kappa shape index (κ2) is 6.86. The van der Waals surface area contributed by atoms with E-state index >= 15 is 0 Å². The van der Waals surface area contributed by atoms with Crippen LogP contribution in [-0.4, -0.2) is 41.4 Å². The molecule has 6 nitrogen and oxygen atoms in total. The quantitative estimate of drug-likeness (QED) is 0.643. The van der Waals surface area contributed by atoms with E-state index in [4.69, 9.17) is 9.47 Å². The van der Waals surface area contributed by atoms with Gasteiger partial charge in [-0.1, -0.05) is 6.42 Å². The average Bonchev–Trinajstić information content (AvgIpc) is 2.87. The summed E-state index contributed by atoms with van der Waals surface area (Å²) in [4.78, 5) is 24.5. The number of esters is 1. The van der Waals surface area contributed by atoms with Gasteiger partial charge >= 0.3 is 5.97 Å². The van der Waals surface area contributed by atoms with Crippen molar-refractivity contribution >= 4 is 17.4 Å². The predicted molar refractivity (Wildman–Crippen MR) is 82.7 cm³/mol. The molecule has 1 aromatic carbocycles. The van der Waals surface area contributed by atoms with Gasteiger partial charge in [-0.15, -0.1) is 0 Å². The molecule has 2 aliphatic rings. The number of hydrogen-bond acceptors (Lipinski definition) is 6. The number of anilines is 1. The predicted octanol–water partition coefficient (Wildman–Crippen LogP) is 1.77. The number of Topliss-reactive ketones (excluding diaryl/α,β-unsaturated/α-hetero) is 1. The van der Waals surface area contributed by atoms with Crippen LogP contribution in [0.3, 0.4) is 0 Å². The van der Waals surface area contributed by atoms with Gasteiger partial charge in [0.1, 0.15) is 18.5 Å². The Morgan fingerprint density at radius 3 is 2.58 bits per heavy atom. The topological polar surface area (TPSA) is 84.9 Å². The van der Waals surface area contributed by atoms with E-state index in [0.29, 0.717) is 5.69 Å². The molecule has 2 fully saturated rings. The van der Waals surface area contributed by atoms with Crippen LogP contribution < -0.4 is 5.32 Å². The van der Waals surface area contributed by atoms with Crippen molar-refractivity contribution in [2.75, 3.05) is 11.9 Å². The smallest absolute Gasteiger partial charge is 0.351 e. The van der Waals surface area contributed by atoms with Crippen LogP contribution in [0.2, 0.25) is 0 Å². The molecule has 1 aliphatic carbocycles. The van der Waals surface area contributed by atoms with Crippen molar-refractivity contribution in [3.8, 4) is 0 Å². The number of ketones is 1. The first-order valence-corrected chi connectivity index (χ1v) is 8.10. The molecular weight excluding hydrogens is 317 g/mol. The van der Waals surface area contributed by atoms with Crippen molar-refractivity contribution in [1.29, 1.82) is 0 Å². The standard InChI is InChI=1S/C17H20FNO5/c18-11-6-8-12(9-7-11)19-15-17(22,14(20)10-23-15)16(21)24-13-4-2-1-3-5-13/h6-9,13,15,19,22H,1-5,10H2. The second-order valence-corrected chi connectivity index (χ2v) is 6.20. The Morgan fingerprint density at radius 1 is 1.25 bits per heavy atom. The van der Waals surface area contributed by atoms with E-state index in [0.717, 1.165) is 32.1 Å². The summed E-state index contributed by atoms with van der Waals surface area (Å²) in [6.07, 6.45) is 2.91. The fourth-order valence-corrected chi connectivity index (χ4v) is 3.02. The molecule has 1 saturated heterocycles. The number of carbonyl (C=O) groups excluding carboxylic acids is 2. The van der Waals surface area contributed by atoms with Crippen molar-refractivity contribution in [3.63, 3.8) is 0 Å². The molecule has 3 rings (SSSR count). The largest absolute Gasteiger partial charge is 0.460 e. The zero-order valence-electron chi connectivity index (χ0n) is 13.2. The Labute approximate surface area is 138 Å². The normalized spacial score (nSPS) is 27.9. The summed E-state index contributed by atoms with van der Waals surface area (Å²) in [6.45, 7) is -0.394. The van der Waals surface area contributed by atoms with E-state index in [1.54, 1.807) is 0 Å². The lowest BCUT2D eigenvalue weighted by atomic mass is 9.96. The molecule has 0 radical (unpaired) electrons. The van der Waals surface area contributed by atoms with Gasteiger partial charge in [0.2, 0.25) is 5.78 Å². The zero-order chi connectivity index (χ0) is 17.2. The van der Waals surface area contributed by atoms with Gasteiger partial charge in [0.05, 0.1) is 0 Å². The van der Waals surface area contributed by atoms with Gasteiger partial charge in [-0.25, -0.2) is 9.18 Å². The van der Waals surface area contributed by atoms with Crippen LogP contribution in [0.1, 0.15) is 32.1 Å². The van der Waals surface area contributed by atoms with Gasteiger partial charge in [-0.2, -0.15) is 0 Å². The SMILES string of the molecule is O=C1COC(Nc2ccc(F)cc2)C1(O)C(=O)OC1CCCCC1. The van der Waals surface area contributed by atoms with Crippen molar-refractivity contribution in [1.82, 2.24) is 0 Å². The van der Waals surface area contributed by atoms with E-state index in [-0.39, 0.29) is 6.10 Å². The maximum Gasteiger partial charge on any atom is 0.351 e. The number of nitrogens with one attached hydrogen (secondary N) is 1. The summed E-state index contributed by atoms with van der Waals surface area (Å²) < 4.78 is 23.5. The molecule has 7 heteroatoms. The third kappa shape index (κ3) is 3.27. The third-order valence-corrected chi connectivity index (χ3v) is 4.46. The van der Waals surface area contributed by atoms with Gasteiger partial charge in [-0.3, -0.25) is 4.79 Å². The molecule has 1 saturated carbocycles. The average molecular weight is 337 g/mol. The number of aliphatic hydroxyl groups is 1. The summed E-state index contributed by atoms with van der Waals surface area (Å²) in [5.41, 5.74) is -1.98. The van der Waals surface area contributed by atoms with Crippen LogP contribution in [0.15, 0.2) is 24.3 Å². The molecule has 1 aliphatic heterocycles. The van der Waals surface area contributed by atoms with Gasteiger partial charge in [0, 0.05) is 5.69 Å². The highest BCUT2D eigenvalue weighted by Gasteiger charge is 2.58. The molecule has 0 spiro atoms. The van der Waals surface area contributed by atoms with Crippen LogP contribution in [0.25, 0.3) is 0 Å². The van der Waals surface area contributed by atoms with Gasteiger partial charge in [-0.05, 0) is 49.9 Å². The Hall–Kier alpha value is -1.99. The summed E-state index contributed by atoms with van der Waals surface area (Å²) >= 11 is 0. The molecule has 1 aromatic rings. The van der Waals surface area contributed by atoms with E-state index in [1.165, 1.54) is 24.3 Å². The molecular formula is C17H20FNO5. The Bertz CT molecular complexity index is 614. The fraction of sp³-hybridized carbons (Fsp3) is 0.529. The van der Waals surface area contributed by atoms with E-state index < -0.39 is 36.0 Å². The monoisotopic (exact) mass is 337 g/mol. The van der Waals surface area contributed by atoms with Crippen molar-refractivity contribution in [2.24, 2.45) is 0 Å². The highest BCUT2D eigenvalue weighted by molar-refractivity contribution is 6.10. The van der Waals surface area contributed by atoms with E-state index in [2.05, 4.69) is 5.32 Å². The molecule has 0 bridgehead atoms. The number of halogens is 1. The maximum absolute atomic E-state index is 13.0. The van der Waals surface area contributed by atoms with E-state index in [1.807, 2.05) is 0 Å². The Balaban J connectivity index is 1.72.